The van der Waals surface area contributed by atoms with Crippen LogP contribution < -0.4 is 15.1 Å². The minimum Gasteiger partial charge on any atom is -0.354 e. The Balaban J connectivity index is 1.77. The number of carbonyl (C=O) groups excluding carboxylic acids is 2. The van der Waals surface area contributed by atoms with Crippen molar-refractivity contribution in [1.82, 2.24) is 10.3 Å². The van der Waals surface area contributed by atoms with Crippen LogP contribution >= 0.6 is 11.6 Å². The molecule has 0 saturated carbocycles. The van der Waals surface area contributed by atoms with Gasteiger partial charge in [0.25, 0.3) is 0 Å². The summed E-state index contributed by atoms with van der Waals surface area (Å²) in [6.07, 6.45) is -8.02. The SMILES string of the molecule is CC(=O)N[C@@H]1CCN(c2cc(-c3ccccc3Cl)c(N(C)C(=O)C(C)(C)c3cc(C(F)(F)F)cc(C(F)(F)F)c3)cn2)C1. The summed E-state index contributed by atoms with van der Waals surface area (Å²) in [4.78, 5) is 33.0. The summed E-state index contributed by atoms with van der Waals surface area (Å²) in [5.74, 6) is -0.383. The number of halogens is 7. The average Bonchev–Trinajstić information content (AvgIpc) is 3.38. The standard InChI is InChI=1S/C30H29ClF6N4O2/c1-17(42)39-21-9-10-41(16-21)26-14-23(22-7-5-6-8-24(22)31)25(15-38-26)40(4)27(43)28(2,3)18-11-19(29(32,33)34)13-20(12-18)30(35,36)37/h5-8,11-15,21H,9-10,16H2,1-4H3,(H,39,42)/t21-/m1/s1. The molecule has 4 rings (SSSR count). The molecule has 1 aliphatic rings. The maximum Gasteiger partial charge on any atom is 0.416 e. The van der Waals surface area contributed by atoms with Gasteiger partial charge in [0.15, 0.2) is 0 Å². The van der Waals surface area contributed by atoms with E-state index in [4.69, 9.17) is 11.6 Å². The Morgan fingerprint density at radius 1 is 0.953 bits per heavy atom. The molecule has 230 valence electrons. The number of benzene rings is 2. The van der Waals surface area contributed by atoms with Crippen molar-refractivity contribution in [2.24, 2.45) is 0 Å². The van der Waals surface area contributed by atoms with Gasteiger partial charge in [0.2, 0.25) is 11.8 Å². The van der Waals surface area contributed by atoms with Gasteiger partial charge in [-0.15, -0.1) is 0 Å². The lowest BCUT2D eigenvalue weighted by Crippen LogP contribution is -2.42. The number of alkyl halides is 6. The third kappa shape index (κ3) is 6.90. The van der Waals surface area contributed by atoms with Crippen molar-refractivity contribution in [3.8, 4) is 11.1 Å². The minimum absolute atomic E-state index is 0.0285. The fourth-order valence-corrected chi connectivity index (χ4v) is 5.35. The van der Waals surface area contributed by atoms with Gasteiger partial charge >= 0.3 is 12.4 Å². The highest BCUT2D eigenvalue weighted by atomic mass is 35.5. The molecule has 1 atom stereocenters. The Morgan fingerprint density at radius 2 is 1.53 bits per heavy atom. The second-order valence-electron chi connectivity index (χ2n) is 11.0. The van der Waals surface area contributed by atoms with Gasteiger partial charge in [-0.1, -0.05) is 29.8 Å². The Bertz CT molecular complexity index is 1510. The van der Waals surface area contributed by atoms with Gasteiger partial charge in [-0.05, 0) is 56.2 Å². The molecule has 1 aliphatic heterocycles. The number of carbonyl (C=O) groups is 2. The van der Waals surface area contributed by atoms with Crippen LogP contribution in [-0.2, 0) is 27.4 Å². The summed E-state index contributed by atoms with van der Waals surface area (Å²) in [6, 6.07) is 9.62. The first-order valence-corrected chi connectivity index (χ1v) is 13.6. The lowest BCUT2D eigenvalue weighted by atomic mass is 9.81. The predicted molar refractivity (Wildman–Crippen MR) is 152 cm³/mol. The van der Waals surface area contributed by atoms with E-state index < -0.39 is 40.4 Å². The summed E-state index contributed by atoms with van der Waals surface area (Å²) < 4.78 is 81.4. The molecule has 1 fully saturated rings. The first-order valence-electron chi connectivity index (χ1n) is 13.2. The number of pyridine rings is 1. The fourth-order valence-electron chi connectivity index (χ4n) is 5.11. The molecule has 1 saturated heterocycles. The Labute approximate surface area is 249 Å². The van der Waals surface area contributed by atoms with Gasteiger partial charge in [0.1, 0.15) is 5.82 Å². The zero-order valence-corrected chi connectivity index (χ0v) is 24.5. The van der Waals surface area contributed by atoms with Gasteiger partial charge in [0, 0.05) is 49.3 Å². The molecule has 2 heterocycles. The highest BCUT2D eigenvalue weighted by molar-refractivity contribution is 6.33. The quantitative estimate of drug-likeness (QED) is 0.297. The van der Waals surface area contributed by atoms with Crippen molar-refractivity contribution >= 4 is 34.9 Å². The van der Waals surface area contributed by atoms with Crippen LogP contribution in [0.15, 0.2) is 54.7 Å². The van der Waals surface area contributed by atoms with Crippen molar-refractivity contribution in [3.05, 3.63) is 76.4 Å². The highest BCUT2D eigenvalue weighted by Gasteiger charge is 2.41. The molecule has 1 N–H and O–H groups in total. The number of anilines is 2. The topological polar surface area (TPSA) is 65.5 Å². The largest absolute Gasteiger partial charge is 0.416 e. The molecule has 1 aromatic heterocycles. The average molecular weight is 627 g/mol. The van der Waals surface area contributed by atoms with Crippen LogP contribution in [0.3, 0.4) is 0 Å². The molecule has 0 radical (unpaired) electrons. The van der Waals surface area contributed by atoms with Crippen LogP contribution in [-0.4, -0.2) is 43.0 Å². The second-order valence-corrected chi connectivity index (χ2v) is 11.4. The van der Waals surface area contributed by atoms with E-state index in [-0.39, 0.29) is 23.7 Å². The minimum atomic E-state index is -5.06. The van der Waals surface area contributed by atoms with Crippen LogP contribution in [0.4, 0.5) is 37.8 Å². The molecular weight excluding hydrogens is 598 g/mol. The molecule has 0 aliphatic carbocycles. The molecule has 43 heavy (non-hydrogen) atoms. The van der Waals surface area contributed by atoms with Crippen LogP contribution in [0.1, 0.15) is 43.9 Å². The van der Waals surface area contributed by atoms with Crippen LogP contribution in [0.25, 0.3) is 11.1 Å². The monoisotopic (exact) mass is 626 g/mol. The maximum atomic E-state index is 13.9. The second kappa shape index (κ2) is 11.7. The molecular formula is C30H29ClF6N4O2. The molecule has 13 heteroatoms. The summed E-state index contributed by atoms with van der Waals surface area (Å²) in [6.45, 7) is 5.06. The van der Waals surface area contributed by atoms with E-state index in [0.717, 1.165) is 4.90 Å². The molecule has 0 unspecified atom stereocenters. The smallest absolute Gasteiger partial charge is 0.354 e. The van der Waals surface area contributed by atoms with Crippen LogP contribution in [0.2, 0.25) is 5.02 Å². The Kier molecular flexibility index (Phi) is 8.74. The highest BCUT2D eigenvalue weighted by Crippen LogP contribution is 2.42. The summed E-state index contributed by atoms with van der Waals surface area (Å²) >= 11 is 6.52. The molecule has 3 aromatic rings. The normalized spacial score (nSPS) is 15.9. The van der Waals surface area contributed by atoms with E-state index in [2.05, 4.69) is 10.3 Å². The zero-order valence-electron chi connectivity index (χ0n) is 23.7. The first-order chi connectivity index (χ1) is 19.9. The van der Waals surface area contributed by atoms with E-state index in [9.17, 15) is 35.9 Å². The molecule has 6 nitrogen and oxygen atoms in total. The third-order valence-electron chi connectivity index (χ3n) is 7.46. The van der Waals surface area contributed by atoms with Crippen molar-refractivity contribution < 1.29 is 35.9 Å². The Hall–Kier alpha value is -3.80. The van der Waals surface area contributed by atoms with E-state index in [0.29, 0.717) is 53.6 Å². The summed E-state index contributed by atoms with van der Waals surface area (Å²) in [5, 5.41) is 3.23. The number of likely N-dealkylation sites (N-methyl/N-ethyl adjacent to an activating group) is 1. The first kappa shape index (κ1) is 32.1. The van der Waals surface area contributed by atoms with Gasteiger partial charge < -0.3 is 15.1 Å². The van der Waals surface area contributed by atoms with Crippen LogP contribution in [0.5, 0.6) is 0 Å². The number of hydrogen-bond donors (Lipinski definition) is 1. The van der Waals surface area contributed by atoms with Gasteiger partial charge in [-0.25, -0.2) is 4.98 Å². The van der Waals surface area contributed by atoms with E-state index >= 15 is 0 Å². The number of hydrogen-bond acceptors (Lipinski definition) is 4. The molecule has 0 bridgehead atoms. The summed E-state index contributed by atoms with van der Waals surface area (Å²) in [7, 11) is 1.38. The van der Waals surface area contributed by atoms with E-state index in [1.54, 1.807) is 30.3 Å². The van der Waals surface area contributed by atoms with Gasteiger partial charge in [0.05, 0.1) is 28.4 Å². The number of amides is 2. The Morgan fingerprint density at radius 3 is 2.09 bits per heavy atom. The predicted octanol–water partition coefficient (Wildman–Crippen LogP) is 7.10. The van der Waals surface area contributed by atoms with Crippen molar-refractivity contribution in [2.45, 2.75) is 51.0 Å². The lowest BCUT2D eigenvalue weighted by molar-refractivity contribution is -0.143. The van der Waals surface area contributed by atoms with Crippen LogP contribution in [0, 0.1) is 0 Å². The van der Waals surface area contributed by atoms with Crippen molar-refractivity contribution in [1.29, 1.82) is 0 Å². The van der Waals surface area contributed by atoms with E-state index in [1.165, 1.54) is 34.0 Å². The number of rotatable bonds is 6. The third-order valence-corrected chi connectivity index (χ3v) is 7.79. The molecule has 2 amide bonds. The van der Waals surface area contributed by atoms with Crippen molar-refractivity contribution in [3.63, 3.8) is 0 Å². The number of nitrogens with one attached hydrogen (secondary N) is 1. The van der Waals surface area contributed by atoms with E-state index in [1.807, 2.05) is 4.90 Å². The molecule has 0 spiro atoms. The van der Waals surface area contributed by atoms with Gasteiger partial charge in [-0.2, -0.15) is 26.3 Å². The lowest BCUT2D eigenvalue weighted by Gasteiger charge is -2.32. The van der Waals surface area contributed by atoms with Crippen molar-refractivity contribution in [2.75, 3.05) is 29.9 Å². The number of aromatic nitrogens is 1. The summed E-state index contributed by atoms with van der Waals surface area (Å²) in [5.41, 5.74) is -4.01. The van der Waals surface area contributed by atoms with Gasteiger partial charge in [-0.3, -0.25) is 9.59 Å². The maximum absolute atomic E-state index is 13.9. The molecule has 2 aromatic carbocycles. The number of nitrogens with zero attached hydrogens (tertiary/aromatic N) is 3. The fraction of sp³-hybridized carbons (Fsp3) is 0.367. The zero-order chi connectivity index (χ0) is 31.9.